The Bertz CT molecular complexity index is 920. The Hall–Kier alpha value is -2.33. The molecular formula is C21H31N3O6S. The second-order valence-corrected chi connectivity index (χ2v) is 9.95. The van der Waals surface area contributed by atoms with Crippen LogP contribution in [0.5, 0.6) is 5.75 Å². The predicted molar refractivity (Wildman–Crippen MR) is 117 cm³/mol. The summed E-state index contributed by atoms with van der Waals surface area (Å²) in [7, 11) is -1.74. The van der Waals surface area contributed by atoms with Gasteiger partial charge in [0, 0.05) is 19.3 Å². The van der Waals surface area contributed by atoms with E-state index in [9.17, 15) is 18.0 Å². The maximum atomic E-state index is 13.2. The van der Waals surface area contributed by atoms with Gasteiger partial charge in [-0.1, -0.05) is 6.92 Å². The van der Waals surface area contributed by atoms with Gasteiger partial charge in [0.2, 0.25) is 15.9 Å². The number of nitrogens with one attached hydrogen (secondary N) is 2. The average Bonchev–Trinajstić information content (AvgIpc) is 2.75. The van der Waals surface area contributed by atoms with Crippen molar-refractivity contribution in [1.29, 1.82) is 0 Å². The smallest absolute Gasteiger partial charge is 0.257 e. The lowest BCUT2D eigenvalue weighted by Crippen LogP contribution is -2.54. The zero-order valence-corrected chi connectivity index (χ0v) is 19.0. The van der Waals surface area contributed by atoms with Crippen LogP contribution in [-0.4, -0.2) is 69.3 Å². The maximum Gasteiger partial charge on any atom is 0.257 e. The first-order valence-electron chi connectivity index (χ1n) is 10.7. The summed E-state index contributed by atoms with van der Waals surface area (Å²) in [5.41, 5.74) is 0.624. The van der Waals surface area contributed by atoms with Crippen molar-refractivity contribution in [3.8, 4) is 5.75 Å². The van der Waals surface area contributed by atoms with Crippen LogP contribution in [0.4, 0.5) is 5.69 Å². The highest BCUT2D eigenvalue weighted by Gasteiger charge is 2.39. The standard InChI is InChI=1S/C21H31N3O6S/c1-4-10-22-20(25)12-15-7-8-17-19(30-15)13-29-18-9-6-14(23-31(27,28)5-2)11-16(18)21(26)24(17)3/h6,9,11,15,17,19,23H,4-5,7-8,10,12-13H2,1-3H3,(H,22,25)/t15-,17-,19-/m1/s1. The molecule has 9 nitrogen and oxygen atoms in total. The number of fused-ring (bicyclic) bond motifs is 2. The molecule has 3 rings (SSSR count). The molecule has 10 heteroatoms. The lowest BCUT2D eigenvalue weighted by molar-refractivity contribution is -0.134. The number of benzene rings is 1. The summed E-state index contributed by atoms with van der Waals surface area (Å²) in [6.45, 7) is 4.43. The molecule has 0 saturated carbocycles. The molecule has 0 unspecified atom stereocenters. The van der Waals surface area contributed by atoms with Crippen molar-refractivity contribution in [2.24, 2.45) is 0 Å². The highest BCUT2D eigenvalue weighted by Crippen LogP contribution is 2.32. The zero-order chi connectivity index (χ0) is 22.6. The fourth-order valence-electron chi connectivity index (χ4n) is 3.89. The Labute approximate surface area is 183 Å². The molecule has 0 bridgehead atoms. The number of carbonyl (C=O) groups is 2. The van der Waals surface area contributed by atoms with Crippen LogP contribution in [0.1, 0.15) is 49.9 Å². The maximum absolute atomic E-state index is 13.2. The van der Waals surface area contributed by atoms with E-state index in [1.807, 2.05) is 6.92 Å². The number of ether oxygens (including phenoxy) is 2. The Kier molecular flexibility index (Phi) is 7.42. The molecule has 172 valence electrons. The number of anilines is 1. The van der Waals surface area contributed by atoms with Crippen LogP contribution in [0.15, 0.2) is 18.2 Å². The third-order valence-electron chi connectivity index (χ3n) is 5.65. The summed E-state index contributed by atoms with van der Waals surface area (Å²) < 4.78 is 38.3. The van der Waals surface area contributed by atoms with Gasteiger partial charge in [0.15, 0.2) is 0 Å². The van der Waals surface area contributed by atoms with Crippen LogP contribution >= 0.6 is 0 Å². The van der Waals surface area contributed by atoms with Crippen LogP contribution in [0.2, 0.25) is 0 Å². The highest BCUT2D eigenvalue weighted by molar-refractivity contribution is 7.92. The van der Waals surface area contributed by atoms with Gasteiger partial charge in [0.25, 0.3) is 5.91 Å². The minimum Gasteiger partial charge on any atom is -0.490 e. The van der Waals surface area contributed by atoms with Gasteiger partial charge in [-0.05, 0) is 44.4 Å². The molecule has 3 atom stereocenters. The number of amides is 2. The van der Waals surface area contributed by atoms with Crippen LogP contribution in [0.25, 0.3) is 0 Å². The Morgan fingerprint density at radius 3 is 2.74 bits per heavy atom. The zero-order valence-electron chi connectivity index (χ0n) is 18.2. The molecule has 1 fully saturated rings. The molecule has 0 spiro atoms. The predicted octanol–water partition coefficient (Wildman–Crippen LogP) is 1.75. The second-order valence-electron chi connectivity index (χ2n) is 7.94. The normalized spacial score (nSPS) is 23.6. The van der Waals surface area contributed by atoms with E-state index < -0.39 is 10.0 Å². The monoisotopic (exact) mass is 453 g/mol. The van der Waals surface area contributed by atoms with Gasteiger partial charge < -0.3 is 19.7 Å². The Balaban J connectivity index is 1.75. The summed E-state index contributed by atoms with van der Waals surface area (Å²) in [6.07, 6.45) is 1.97. The average molecular weight is 454 g/mol. The van der Waals surface area contributed by atoms with E-state index in [0.29, 0.717) is 42.8 Å². The molecule has 0 aromatic heterocycles. The fraction of sp³-hybridized carbons (Fsp3) is 0.619. The van der Waals surface area contributed by atoms with Crippen LogP contribution in [0.3, 0.4) is 0 Å². The molecule has 2 amide bonds. The van der Waals surface area contributed by atoms with Crippen LogP contribution < -0.4 is 14.8 Å². The molecule has 2 aliphatic rings. The topological polar surface area (TPSA) is 114 Å². The van der Waals surface area contributed by atoms with E-state index in [1.165, 1.54) is 6.07 Å². The van der Waals surface area contributed by atoms with E-state index in [0.717, 1.165) is 6.42 Å². The van der Waals surface area contributed by atoms with Crippen molar-refractivity contribution in [3.63, 3.8) is 0 Å². The third-order valence-corrected chi connectivity index (χ3v) is 6.96. The SMILES string of the molecule is CCCNC(=O)C[C@H]1CC[C@@H]2[C@@H](COc3ccc(NS(=O)(=O)CC)cc3C(=O)N2C)O1. The number of hydrogen-bond acceptors (Lipinski definition) is 6. The molecule has 31 heavy (non-hydrogen) atoms. The van der Waals surface area contributed by atoms with Gasteiger partial charge in [-0.25, -0.2) is 8.42 Å². The number of sulfonamides is 1. The van der Waals surface area contributed by atoms with Crippen molar-refractivity contribution in [2.45, 2.75) is 57.8 Å². The molecule has 2 heterocycles. The number of carbonyl (C=O) groups excluding carboxylic acids is 2. The van der Waals surface area contributed by atoms with Crippen LogP contribution in [0, 0.1) is 0 Å². The summed E-state index contributed by atoms with van der Waals surface area (Å²) in [5.74, 6) is 0.0210. The van der Waals surface area contributed by atoms with E-state index >= 15 is 0 Å². The molecular weight excluding hydrogens is 422 g/mol. The van der Waals surface area contributed by atoms with E-state index in [2.05, 4.69) is 10.0 Å². The summed E-state index contributed by atoms with van der Waals surface area (Å²) >= 11 is 0. The van der Waals surface area contributed by atoms with Crippen molar-refractivity contribution in [2.75, 3.05) is 30.7 Å². The molecule has 1 saturated heterocycles. The van der Waals surface area contributed by atoms with Gasteiger partial charge >= 0.3 is 0 Å². The summed E-state index contributed by atoms with van der Waals surface area (Å²) in [5, 5.41) is 2.86. The van der Waals surface area contributed by atoms with Crippen molar-refractivity contribution < 1.29 is 27.5 Å². The first-order valence-corrected chi connectivity index (χ1v) is 12.4. The van der Waals surface area contributed by atoms with Gasteiger partial charge in [-0.15, -0.1) is 0 Å². The molecule has 2 aliphatic heterocycles. The number of nitrogens with zero attached hydrogens (tertiary/aromatic N) is 1. The van der Waals surface area contributed by atoms with Crippen molar-refractivity contribution >= 4 is 27.5 Å². The minimum absolute atomic E-state index is 0.0334. The van der Waals surface area contributed by atoms with E-state index in [4.69, 9.17) is 9.47 Å². The first-order chi connectivity index (χ1) is 14.7. The second kappa shape index (κ2) is 9.86. The van der Waals surface area contributed by atoms with Gasteiger partial charge in [0.05, 0.1) is 29.9 Å². The molecule has 1 aromatic rings. The largest absolute Gasteiger partial charge is 0.490 e. The Morgan fingerprint density at radius 1 is 1.26 bits per heavy atom. The fourth-order valence-corrected chi connectivity index (χ4v) is 4.52. The van der Waals surface area contributed by atoms with Gasteiger partial charge in [-0.2, -0.15) is 0 Å². The number of rotatable bonds is 7. The Morgan fingerprint density at radius 2 is 2.03 bits per heavy atom. The minimum atomic E-state index is -3.46. The van der Waals surface area contributed by atoms with Crippen molar-refractivity contribution in [3.05, 3.63) is 23.8 Å². The molecule has 1 aromatic carbocycles. The van der Waals surface area contributed by atoms with Gasteiger partial charge in [-0.3, -0.25) is 14.3 Å². The highest BCUT2D eigenvalue weighted by atomic mass is 32.2. The lowest BCUT2D eigenvalue weighted by atomic mass is 9.94. The molecule has 2 N–H and O–H groups in total. The summed E-state index contributed by atoms with van der Waals surface area (Å²) in [6, 6.07) is 4.48. The molecule has 0 aliphatic carbocycles. The number of hydrogen-bond donors (Lipinski definition) is 2. The third kappa shape index (κ3) is 5.68. The number of likely N-dealkylation sites (N-methyl/N-ethyl adjacent to an activating group) is 1. The van der Waals surface area contributed by atoms with E-state index in [-0.39, 0.29) is 42.4 Å². The first kappa shape index (κ1) is 23.3. The molecule has 0 radical (unpaired) electrons. The quantitative estimate of drug-likeness (QED) is 0.650. The van der Waals surface area contributed by atoms with Crippen molar-refractivity contribution in [1.82, 2.24) is 10.2 Å². The van der Waals surface area contributed by atoms with Crippen LogP contribution in [-0.2, 0) is 19.6 Å². The van der Waals surface area contributed by atoms with Gasteiger partial charge in [0.1, 0.15) is 18.5 Å². The van der Waals surface area contributed by atoms with E-state index in [1.54, 1.807) is 31.0 Å². The summed E-state index contributed by atoms with van der Waals surface area (Å²) in [4.78, 5) is 26.8. The lowest BCUT2D eigenvalue weighted by Gasteiger charge is -2.42.